The van der Waals surface area contributed by atoms with Gasteiger partial charge in [-0.05, 0) is 12.8 Å². The van der Waals surface area contributed by atoms with Gasteiger partial charge in [0, 0.05) is 17.8 Å². The summed E-state index contributed by atoms with van der Waals surface area (Å²) < 4.78 is 58.1. The molecule has 1 fully saturated rings. The van der Waals surface area contributed by atoms with Gasteiger partial charge in [-0.2, -0.15) is 13.1 Å². The first-order chi connectivity index (χ1) is 5.46. The average molecular weight is 202 g/mol. The first-order valence-electron chi connectivity index (χ1n) is 3.35. The molecule has 0 aromatic rings. The van der Waals surface area contributed by atoms with Crippen molar-refractivity contribution in [2.75, 3.05) is 6.54 Å². The van der Waals surface area contributed by atoms with E-state index in [-0.39, 0.29) is 23.7 Å². The van der Waals surface area contributed by atoms with Crippen LogP contribution in [0.1, 0.15) is 12.8 Å². The molecule has 0 aromatic heterocycles. The number of piperidine rings is 1. The molecule has 12 heavy (non-hydrogen) atoms. The van der Waals surface area contributed by atoms with Crippen LogP contribution in [-0.2, 0) is 11.3 Å². The summed E-state index contributed by atoms with van der Waals surface area (Å²) >= 11 is -3.05. The molecule has 1 aliphatic heterocycles. The molecule has 0 saturated carbocycles. The lowest BCUT2D eigenvalue weighted by molar-refractivity contribution is -0.172. The maximum absolute atomic E-state index is 12.7. The van der Waals surface area contributed by atoms with E-state index in [9.17, 15) is 21.9 Å². The van der Waals surface area contributed by atoms with Gasteiger partial charge < -0.3 is 4.55 Å². The Balaban J connectivity index is 2.79. The quantitative estimate of drug-likeness (QED) is 0.466. The van der Waals surface area contributed by atoms with Crippen molar-refractivity contribution in [3.8, 4) is 0 Å². The van der Waals surface area contributed by atoms with Gasteiger partial charge in [0.2, 0.25) is 0 Å². The summed E-state index contributed by atoms with van der Waals surface area (Å²) in [4.78, 5) is 0. The Hall–Kier alpha value is -0.140. The van der Waals surface area contributed by atoms with Crippen LogP contribution in [-0.4, -0.2) is 31.8 Å². The molecule has 3 nitrogen and oxygen atoms in total. The summed E-state index contributed by atoms with van der Waals surface area (Å²) in [7, 11) is 0. The summed E-state index contributed by atoms with van der Waals surface area (Å²) in [6, 6.07) is -3.87. The molecule has 1 heterocycles. The smallest absolute Gasteiger partial charge is 0.345 e. The van der Waals surface area contributed by atoms with Gasteiger partial charge in [0.25, 0.3) is 0 Å². The summed E-state index contributed by atoms with van der Waals surface area (Å²) in [5, 5.41) is 0. The zero-order chi connectivity index (χ0) is 9.35. The van der Waals surface area contributed by atoms with Crippen molar-refractivity contribution in [2.24, 2.45) is 0 Å². The minimum Gasteiger partial charge on any atom is -0.759 e. The number of hydrogen-bond donors (Lipinski definition) is 0. The van der Waals surface area contributed by atoms with Crippen LogP contribution < -0.4 is 0 Å². The molecule has 0 radical (unpaired) electrons. The Kier molecular flexibility index (Phi) is 2.74. The molecule has 1 rings (SSSR count). The molecule has 2 unspecified atom stereocenters. The Morgan fingerprint density at radius 1 is 1.58 bits per heavy atom. The third-order valence-corrected chi connectivity index (χ3v) is 2.49. The molecule has 0 aliphatic carbocycles. The zero-order valence-electron chi connectivity index (χ0n) is 6.00. The number of hydrogen-bond acceptors (Lipinski definition) is 2. The van der Waals surface area contributed by atoms with E-state index < -0.39 is 23.5 Å². The molecule has 2 atom stereocenters. The third kappa shape index (κ3) is 1.62. The van der Waals surface area contributed by atoms with Crippen LogP contribution in [0.5, 0.6) is 0 Å². The lowest BCUT2D eigenvalue weighted by Crippen LogP contribution is -2.52. The van der Waals surface area contributed by atoms with Crippen molar-refractivity contribution in [1.82, 2.24) is 4.31 Å². The standard InChI is InChI=1S/C5H8F3NO2S/c6-4-2-1-3-9(12(10)11)5(4,7)8/h4H,1-3H2,(H,10,11)/p-1. The van der Waals surface area contributed by atoms with E-state index in [0.29, 0.717) is 0 Å². The van der Waals surface area contributed by atoms with E-state index in [2.05, 4.69) is 0 Å². The molecule has 0 amide bonds. The van der Waals surface area contributed by atoms with Crippen molar-refractivity contribution >= 4 is 11.3 Å². The predicted octanol–water partition coefficient (Wildman–Crippen LogP) is 0.807. The highest BCUT2D eigenvalue weighted by Gasteiger charge is 2.49. The number of rotatable bonds is 1. The van der Waals surface area contributed by atoms with Gasteiger partial charge in [-0.3, -0.25) is 4.21 Å². The summed E-state index contributed by atoms with van der Waals surface area (Å²) in [5.74, 6) is 0. The lowest BCUT2D eigenvalue weighted by atomic mass is 10.1. The zero-order valence-corrected chi connectivity index (χ0v) is 6.82. The fraction of sp³-hybridized carbons (Fsp3) is 1.00. The molecule has 1 aliphatic rings. The summed E-state index contributed by atoms with van der Waals surface area (Å²) in [6.45, 7) is -0.316. The normalized spacial score (nSPS) is 33.2. The molecule has 0 bridgehead atoms. The highest BCUT2D eigenvalue weighted by atomic mass is 32.2. The minimum atomic E-state index is -3.87. The lowest BCUT2D eigenvalue weighted by Gasteiger charge is -2.37. The Morgan fingerprint density at radius 3 is 2.58 bits per heavy atom. The molecule has 1 saturated heterocycles. The summed E-state index contributed by atoms with van der Waals surface area (Å²) in [5.41, 5.74) is 0. The maximum atomic E-state index is 12.7. The van der Waals surface area contributed by atoms with Crippen molar-refractivity contribution < 1.29 is 21.9 Å². The second-order valence-electron chi connectivity index (χ2n) is 2.52. The van der Waals surface area contributed by atoms with Gasteiger partial charge in [0.05, 0.1) is 0 Å². The molecular formula is C5H7F3NO2S-. The van der Waals surface area contributed by atoms with Crippen LogP contribution in [0.4, 0.5) is 13.2 Å². The van der Waals surface area contributed by atoms with E-state index in [1.165, 1.54) is 0 Å². The summed E-state index contributed by atoms with van der Waals surface area (Å²) in [6.07, 6.45) is -2.55. The molecule has 72 valence electrons. The highest BCUT2D eigenvalue weighted by Crippen LogP contribution is 2.34. The Morgan fingerprint density at radius 2 is 2.17 bits per heavy atom. The van der Waals surface area contributed by atoms with Gasteiger partial charge in [-0.1, -0.05) is 0 Å². The first kappa shape index (κ1) is 9.94. The second-order valence-corrected chi connectivity index (χ2v) is 3.39. The van der Waals surface area contributed by atoms with Crippen LogP contribution in [0.25, 0.3) is 0 Å². The monoisotopic (exact) mass is 202 g/mol. The molecule has 0 spiro atoms. The van der Waals surface area contributed by atoms with E-state index in [1.54, 1.807) is 0 Å². The van der Waals surface area contributed by atoms with Gasteiger partial charge in [-0.25, -0.2) is 4.39 Å². The predicted molar refractivity (Wildman–Crippen MR) is 34.7 cm³/mol. The van der Waals surface area contributed by atoms with Crippen LogP contribution >= 0.6 is 0 Å². The van der Waals surface area contributed by atoms with Crippen LogP contribution in [0, 0.1) is 0 Å². The van der Waals surface area contributed by atoms with Crippen LogP contribution in [0.3, 0.4) is 0 Å². The van der Waals surface area contributed by atoms with Gasteiger partial charge in [-0.15, -0.1) is 0 Å². The van der Waals surface area contributed by atoms with E-state index in [1.807, 2.05) is 0 Å². The molecule has 7 heteroatoms. The minimum absolute atomic E-state index is 0.130. The first-order valence-corrected chi connectivity index (χ1v) is 4.38. The SMILES string of the molecule is O=S([O-])N1CCCC(F)C1(F)F. The van der Waals surface area contributed by atoms with E-state index in [0.717, 1.165) is 0 Å². The third-order valence-electron chi connectivity index (χ3n) is 1.71. The topological polar surface area (TPSA) is 43.4 Å². The largest absolute Gasteiger partial charge is 0.759 e. The van der Waals surface area contributed by atoms with Crippen molar-refractivity contribution in [3.63, 3.8) is 0 Å². The van der Waals surface area contributed by atoms with Crippen LogP contribution in [0.2, 0.25) is 0 Å². The van der Waals surface area contributed by atoms with Gasteiger partial charge >= 0.3 is 6.05 Å². The maximum Gasteiger partial charge on any atom is 0.345 e. The second kappa shape index (κ2) is 3.31. The van der Waals surface area contributed by atoms with E-state index in [4.69, 9.17) is 0 Å². The number of alkyl halides is 3. The number of nitrogens with zero attached hydrogens (tertiary/aromatic N) is 1. The van der Waals surface area contributed by atoms with Crippen LogP contribution in [0.15, 0.2) is 0 Å². The van der Waals surface area contributed by atoms with Gasteiger partial charge in [0.1, 0.15) is 0 Å². The highest BCUT2D eigenvalue weighted by molar-refractivity contribution is 7.76. The molecule has 0 N–H and O–H groups in total. The molecule has 0 aromatic carbocycles. The van der Waals surface area contributed by atoms with Gasteiger partial charge in [0.15, 0.2) is 6.17 Å². The fourth-order valence-electron chi connectivity index (χ4n) is 1.07. The Bertz CT molecular complexity index is 201. The van der Waals surface area contributed by atoms with Crippen molar-refractivity contribution in [3.05, 3.63) is 0 Å². The average Bonchev–Trinajstić information content (AvgIpc) is 1.94. The van der Waals surface area contributed by atoms with E-state index >= 15 is 0 Å². The number of halogens is 3. The van der Waals surface area contributed by atoms with Crippen molar-refractivity contribution in [2.45, 2.75) is 25.1 Å². The van der Waals surface area contributed by atoms with Crippen molar-refractivity contribution in [1.29, 1.82) is 0 Å². The fourth-order valence-corrected chi connectivity index (χ4v) is 1.66. The molecular weight excluding hydrogens is 195 g/mol. The Labute approximate surface area is 70.0 Å².